The van der Waals surface area contributed by atoms with E-state index >= 15 is 0 Å². The van der Waals surface area contributed by atoms with Crippen LogP contribution in [0.2, 0.25) is 0 Å². The monoisotopic (exact) mass is 399 g/mol. The molecule has 0 spiro atoms. The van der Waals surface area contributed by atoms with E-state index in [2.05, 4.69) is 5.32 Å². The highest BCUT2D eigenvalue weighted by molar-refractivity contribution is 5.81. The summed E-state index contributed by atoms with van der Waals surface area (Å²) in [5.41, 5.74) is 6.21. The zero-order chi connectivity index (χ0) is 20.2. The van der Waals surface area contributed by atoms with Crippen LogP contribution in [0.3, 0.4) is 0 Å². The summed E-state index contributed by atoms with van der Waals surface area (Å²) in [6, 6.07) is 9.98. The third-order valence-electron chi connectivity index (χ3n) is 7.01. The van der Waals surface area contributed by atoms with Crippen molar-refractivity contribution in [1.29, 1.82) is 0 Å². The van der Waals surface area contributed by atoms with Crippen LogP contribution < -0.4 is 15.8 Å². The van der Waals surface area contributed by atoms with Crippen LogP contribution >= 0.6 is 0 Å². The molecule has 6 heteroatoms. The highest BCUT2D eigenvalue weighted by Crippen LogP contribution is 2.40. The Kier molecular flexibility index (Phi) is 6.38. The van der Waals surface area contributed by atoms with E-state index in [1.54, 1.807) is 0 Å². The Morgan fingerprint density at radius 1 is 1.03 bits per heavy atom. The summed E-state index contributed by atoms with van der Waals surface area (Å²) in [6.45, 7) is 1.29. The maximum Gasteiger partial charge on any atom is 0.260 e. The molecule has 2 atom stereocenters. The first-order chi connectivity index (χ1) is 14.1. The van der Waals surface area contributed by atoms with Crippen LogP contribution in [0.1, 0.15) is 44.9 Å². The van der Waals surface area contributed by atoms with Gasteiger partial charge < -0.3 is 20.7 Å². The summed E-state index contributed by atoms with van der Waals surface area (Å²) >= 11 is 0. The van der Waals surface area contributed by atoms with Crippen molar-refractivity contribution in [2.75, 3.05) is 19.7 Å². The molecular weight excluding hydrogens is 366 g/mol. The summed E-state index contributed by atoms with van der Waals surface area (Å²) in [7, 11) is 0. The number of benzene rings is 1. The number of hydrogen-bond donors (Lipinski definition) is 2. The first-order valence-corrected chi connectivity index (χ1v) is 11.1. The van der Waals surface area contributed by atoms with Gasteiger partial charge in [0.2, 0.25) is 5.91 Å². The number of carbonyl (C=O) groups is 2. The molecule has 4 rings (SSSR count). The number of carbonyl (C=O) groups excluding carboxylic acids is 2. The summed E-state index contributed by atoms with van der Waals surface area (Å²) < 4.78 is 5.57. The second kappa shape index (κ2) is 9.16. The van der Waals surface area contributed by atoms with Crippen molar-refractivity contribution < 1.29 is 14.3 Å². The van der Waals surface area contributed by atoms with Crippen molar-refractivity contribution >= 4 is 11.8 Å². The number of ether oxygens (including phenoxy) is 1. The van der Waals surface area contributed by atoms with Crippen molar-refractivity contribution in [3.8, 4) is 5.75 Å². The standard InChI is InChI=1S/C23H33N3O3/c24-19-13-17-5-4-6-18(14-19)22(17)25-23(28)16-9-11-26(12-10-16)21(27)15-29-20-7-2-1-3-8-20/h1-3,7-8,16-19,22H,4-6,9-15,24H2,(H,25,28). The van der Waals surface area contributed by atoms with Crippen molar-refractivity contribution in [3.63, 3.8) is 0 Å². The molecule has 1 saturated heterocycles. The molecule has 2 bridgehead atoms. The van der Waals surface area contributed by atoms with Gasteiger partial charge in [-0.2, -0.15) is 0 Å². The minimum Gasteiger partial charge on any atom is -0.484 e. The Morgan fingerprint density at radius 2 is 1.69 bits per heavy atom. The smallest absolute Gasteiger partial charge is 0.260 e. The lowest BCUT2D eigenvalue weighted by atomic mass is 9.67. The molecule has 3 N–H and O–H groups in total. The van der Waals surface area contributed by atoms with Crippen LogP contribution in [0.25, 0.3) is 0 Å². The van der Waals surface area contributed by atoms with Crippen LogP contribution in [-0.2, 0) is 9.59 Å². The number of para-hydroxylation sites is 1. The summed E-state index contributed by atoms with van der Waals surface area (Å²) in [5.74, 6) is 1.95. The molecule has 29 heavy (non-hydrogen) atoms. The largest absolute Gasteiger partial charge is 0.484 e. The molecule has 2 unspecified atom stereocenters. The number of hydrogen-bond acceptors (Lipinski definition) is 4. The molecule has 6 nitrogen and oxygen atoms in total. The van der Waals surface area contributed by atoms with Crippen LogP contribution in [0, 0.1) is 17.8 Å². The average Bonchev–Trinajstić information content (AvgIpc) is 2.73. The van der Waals surface area contributed by atoms with Gasteiger partial charge in [0.05, 0.1) is 0 Å². The molecule has 2 amide bonds. The summed E-state index contributed by atoms with van der Waals surface area (Å²) in [5, 5.41) is 3.38. The molecule has 3 aliphatic rings. The van der Waals surface area contributed by atoms with Gasteiger partial charge in [-0.05, 0) is 62.5 Å². The SMILES string of the molecule is NC1CC2CCCC(C1)C2NC(=O)C1CCN(C(=O)COc2ccccc2)CC1. The number of likely N-dealkylation sites (tertiary alicyclic amines) is 1. The predicted molar refractivity (Wildman–Crippen MR) is 111 cm³/mol. The van der Waals surface area contributed by atoms with Gasteiger partial charge in [0, 0.05) is 31.1 Å². The van der Waals surface area contributed by atoms with E-state index in [4.69, 9.17) is 10.5 Å². The molecule has 1 aliphatic heterocycles. The number of nitrogens with one attached hydrogen (secondary N) is 1. The summed E-state index contributed by atoms with van der Waals surface area (Å²) in [6.07, 6.45) is 7.16. The van der Waals surface area contributed by atoms with Gasteiger partial charge in [-0.15, -0.1) is 0 Å². The van der Waals surface area contributed by atoms with Crippen LogP contribution in [0.5, 0.6) is 5.75 Å². The second-order valence-corrected chi connectivity index (χ2v) is 8.97. The molecular formula is C23H33N3O3. The minimum atomic E-state index is -0.0106. The fourth-order valence-corrected chi connectivity index (χ4v) is 5.45. The third kappa shape index (κ3) is 4.92. The van der Waals surface area contributed by atoms with E-state index in [1.165, 1.54) is 19.3 Å². The van der Waals surface area contributed by atoms with Crippen molar-refractivity contribution in [2.24, 2.45) is 23.5 Å². The van der Waals surface area contributed by atoms with Crippen molar-refractivity contribution in [1.82, 2.24) is 10.2 Å². The van der Waals surface area contributed by atoms with Gasteiger partial charge in [-0.1, -0.05) is 24.6 Å². The molecule has 0 aromatic heterocycles. The fourth-order valence-electron chi connectivity index (χ4n) is 5.45. The van der Waals surface area contributed by atoms with E-state index in [0.717, 1.165) is 25.7 Å². The number of nitrogens with zero attached hydrogens (tertiary/aromatic N) is 1. The molecule has 1 aromatic carbocycles. The van der Waals surface area contributed by atoms with Gasteiger partial charge in [0.1, 0.15) is 5.75 Å². The lowest BCUT2D eigenvalue weighted by molar-refractivity contribution is -0.137. The summed E-state index contributed by atoms with van der Waals surface area (Å²) in [4.78, 5) is 27.1. The lowest BCUT2D eigenvalue weighted by Crippen LogP contribution is -2.55. The van der Waals surface area contributed by atoms with Crippen LogP contribution in [0.4, 0.5) is 0 Å². The van der Waals surface area contributed by atoms with Crippen LogP contribution in [-0.4, -0.2) is 48.5 Å². The zero-order valence-electron chi connectivity index (χ0n) is 17.1. The molecule has 2 aliphatic carbocycles. The van der Waals surface area contributed by atoms with Gasteiger partial charge in [-0.3, -0.25) is 9.59 Å². The van der Waals surface area contributed by atoms with Gasteiger partial charge in [0.15, 0.2) is 6.61 Å². The number of nitrogens with two attached hydrogens (primary N) is 1. The number of fused-ring (bicyclic) bond motifs is 2. The Hall–Kier alpha value is -2.08. The first kappa shape index (κ1) is 20.2. The molecule has 158 valence electrons. The lowest BCUT2D eigenvalue weighted by Gasteiger charge is -2.45. The third-order valence-corrected chi connectivity index (χ3v) is 7.01. The quantitative estimate of drug-likeness (QED) is 0.796. The van der Waals surface area contributed by atoms with Crippen molar-refractivity contribution in [2.45, 2.75) is 57.0 Å². The number of amides is 2. The Bertz CT molecular complexity index is 689. The van der Waals surface area contributed by atoms with Gasteiger partial charge in [-0.25, -0.2) is 0 Å². The van der Waals surface area contributed by atoms with E-state index in [1.807, 2.05) is 35.2 Å². The minimum absolute atomic E-state index is 0.00502. The maximum absolute atomic E-state index is 12.9. The van der Waals surface area contributed by atoms with Gasteiger partial charge >= 0.3 is 0 Å². The van der Waals surface area contributed by atoms with E-state index in [-0.39, 0.29) is 24.3 Å². The Balaban J connectivity index is 1.23. The average molecular weight is 400 g/mol. The second-order valence-electron chi connectivity index (χ2n) is 8.97. The molecule has 1 heterocycles. The van der Waals surface area contributed by atoms with Gasteiger partial charge in [0.25, 0.3) is 5.91 Å². The molecule has 0 radical (unpaired) electrons. The number of piperidine rings is 1. The van der Waals surface area contributed by atoms with Crippen molar-refractivity contribution in [3.05, 3.63) is 30.3 Å². The normalized spacial score (nSPS) is 29.9. The maximum atomic E-state index is 12.9. The molecule has 3 fully saturated rings. The predicted octanol–water partition coefficient (Wildman–Crippen LogP) is 2.33. The molecule has 2 saturated carbocycles. The highest BCUT2D eigenvalue weighted by Gasteiger charge is 2.41. The van der Waals surface area contributed by atoms with E-state index < -0.39 is 0 Å². The van der Waals surface area contributed by atoms with E-state index in [0.29, 0.717) is 42.8 Å². The van der Waals surface area contributed by atoms with E-state index in [9.17, 15) is 9.59 Å². The Labute approximate surface area is 173 Å². The first-order valence-electron chi connectivity index (χ1n) is 11.1. The zero-order valence-corrected chi connectivity index (χ0v) is 17.1. The number of rotatable bonds is 5. The topological polar surface area (TPSA) is 84.7 Å². The highest BCUT2D eigenvalue weighted by atomic mass is 16.5. The molecule has 1 aromatic rings. The Morgan fingerprint density at radius 3 is 2.34 bits per heavy atom. The van der Waals surface area contributed by atoms with Crippen LogP contribution in [0.15, 0.2) is 30.3 Å². The fraction of sp³-hybridized carbons (Fsp3) is 0.652.